The molecule has 2 heterocycles. The summed E-state index contributed by atoms with van der Waals surface area (Å²) < 4.78 is 0. The summed E-state index contributed by atoms with van der Waals surface area (Å²) in [6, 6.07) is 34.9. The smallest absolute Gasteiger partial charge is 0.106 e. The van der Waals surface area contributed by atoms with Gasteiger partial charge in [-0.2, -0.15) is 0 Å². The highest BCUT2D eigenvalue weighted by atomic mass is 15.3. The molecule has 4 nitrogen and oxygen atoms in total. The molecule has 2 aromatic heterocycles. The monoisotopic (exact) mass is 628 g/mol. The van der Waals surface area contributed by atoms with Gasteiger partial charge in [0.05, 0.1) is 5.69 Å². The van der Waals surface area contributed by atoms with Gasteiger partial charge in [0.25, 0.3) is 0 Å². The van der Waals surface area contributed by atoms with Crippen molar-refractivity contribution in [2.24, 2.45) is 0 Å². The van der Waals surface area contributed by atoms with E-state index in [1.54, 1.807) is 0 Å². The number of fused-ring (bicyclic) bond motifs is 10. The molecule has 0 amide bonds. The molecule has 232 valence electrons. The van der Waals surface area contributed by atoms with Crippen LogP contribution in [0.2, 0.25) is 0 Å². The van der Waals surface area contributed by atoms with Crippen molar-refractivity contribution in [2.45, 2.75) is 34.1 Å². The zero-order valence-corrected chi connectivity index (χ0v) is 27.9. The third-order valence-corrected chi connectivity index (χ3v) is 11.0. The maximum Gasteiger partial charge on any atom is 0.106 e. The summed E-state index contributed by atoms with van der Waals surface area (Å²) in [7, 11) is 0. The van der Waals surface area contributed by atoms with E-state index >= 15 is 0 Å². The van der Waals surface area contributed by atoms with Gasteiger partial charge in [-0.3, -0.25) is 4.98 Å². The van der Waals surface area contributed by atoms with Gasteiger partial charge in [0.1, 0.15) is 11.4 Å². The molecule has 10 rings (SSSR count). The lowest BCUT2D eigenvalue weighted by atomic mass is 9.85. The quantitative estimate of drug-likeness (QED) is 0.196. The van der Waals surface area contributed by atoms with E-state index in [-0.39, 0.29) is 0 Å². The summed E-state index contributed by atoms with van der Waals surface area (Å²) in [4.78, 5) is 5.17. The topological polar surface area (TPSA) is 51.6 Å². The van der Waals surface area contributed by atoms with Crippen LogP contribution >= 0.6 is 0 Å². The fourth-order valence-corrected chi connectivity index (χ4v) is 8.45. The second kappa shape index (κ2) is 10.2. The van der Waals surface area contributed by atoms with Crippen molar-refractivity contribution in [2.75, 3.05) is 0 Å². The molecule has 0 fully saturated rings. The van der Waals surface area contributed by atoms with Crippen molar-refractivity contribution in [3.8, 4) is 67.0 Å². The summed E-state index contributed by atoms with van der Waals surface area (Å²) in [6.45, 7) is 8.72. The average Bonchev–Trinajstić information content (AvgIpc) is 3.81. The first-order valence-electron chi connectivity index (χ1n) is 17.0. The van der Waals surface area contributed by atoms with Crippen molar-refractivity contribution >= 4 is 12.2 Å². The molecule has 3 aliphatic carbocycles. The van der Waals surface area contributed by atoms with Crippen molar-refractivity contribution in [3.63, 3.8) is 0 Å². The number of hydrogen-bond acceptors (Lipinski definition) is 4. The maximum atomic E-state index is 5.17. The van der Waals surface area contributed by atoms with Gasteiger partial charge in [-0.25, -0.2) is 0 Å². The van der Waals surface area contributed by atoms with E-state index in [1.807, 2.05) is 0 Å². The Labute approximate surface area is 285 Å². The first-order valence-corrected chi connectivity index (χ1v) is 17.0. The minimum Gasteiger partial charge on any atom is -0.253 e. The molecule has 5 aromatic carbocycles. The van der Waals surface area contributed by atoms with E-state index in [0.717, 1.165) is 57.0 Å². The Morgan fingerprint density at radius 2 is 1.22 bits per heavy atom. The van der Waals surface area contributed by atoms with Crippen LogP contribution in [0.15, 0.2) is 97.1 Å². The van der Waals surface area contributed by atoms with E-state index in [2.05, 4.69) is 142 Å². The molecule has 3 aliphatic rings. The lowest BCUT2D eigenvalue weighted by Crippen LogP contribution is -2.25. The van der Waals surface area contributed by atoms with E-state index in [4.69, 9.17) is 15.2 Å². The Kier molecular flexibility index (Phi) is 5.87. The van der Waals surface area contributed by atoms with Crippen molar-refractivity contribution < 1.29 is 0 Å². The van der Waals surface area contributed by atoms with Crippen molar-refractivity contribution in [1.82, 2.24) is 20.4 Å². The number of nitrogens with zero attached hydrogens (tertiary/aromatic N) is 4. The second-order valence-electron chi connectivity index (χ2n) is 13.6. The molecule has 0 unspecified atom stereocenters. The van der Waals surface area contributed by atoms with Gasteiger partial charge in [0.15, 0.2) is 0 Å². The van der Waals surface area contributed by atoms with Crippen LogP contribution in [0.1, 0.15) is 44.8 Å². The summed E-state index contributed by atoms with van der Waals surface area (Å²) in [5, 5.41) is 16.9. The number of hydrogen-bond donors (Lipinski definition) is 0. The van der Waals surface area contributed by atoms with Crippen LogP contribution in [0.4, 0.5) is 0 Å². The van der Waals surface area contributed by atoms with Gasteiger partial charge in [-0.1, -0.05) is 97.1 Å². The van der Waals surface area contributed by atoms with E-state index in [0.29, 0.717) is 0 Å². The SMILES string of the molecule is Cc1cc2c(c(-c3nnnc(-c4c(C)c(C)nc5c4-c4ccc6c(c4=C5)=Cc4ccccc4-6)c3-c3ccccc3)c1C)Cc1ccccc1-2. The largest absolute Gasteiger partial charge is 0.253 e. The minimum atomic E-state index is 0.842. The average molecular weight is 629 g/mol. The molecule has 0 atom stereocenters. The van der Waals surface area contributed by atoms with Gasteiger partial charge < -0.3 is 0 Å². The Hall–Kier alpha value is -6.00. The lowest BCUT2D eigenvalue weighted by molar-refractivity contribution is 0.876. The normalized spacial score (nSPS) is 12.7. The molecular weight excluding hydrogens is 597 g/mol. The number of aromatic nitrogens is 4. The Morgan fingerprint density at radius 1 is 0.531 bits per heavy atom. The van der Waals surface area contributed by atoms with Crippen molar-refractivity contribution in [3.05, 3.63) is 152 Å². The first-order chi connectivity index (χ1) is 24.0. The van der Waals surface area contributed by atoms with Crippen molar-refractivity contribution in [1.29, 1.82) is 0 Å². The highest BCUT2D eigenvalue weighted by Gasteiger charge is 2.31. The summed E-state index contributed by atoms with van der Waals surface area (Å²) in [5.74, 6) is 0. The standard InChI is InChI=1S/C45H32N4/c1-24-20-35-32-17-11-9-15-30(32)22-38(35)40(25(24)2)44-42(28-12-6-5-7-13-28)45(48-49-47-44)41-26(3)27(4)46-39-23-37-34(43(39)41)19-18-33-31-16-10-8-14-29(31)21-36(33)37/h5-21,23H,22H2,1-4H3. The lowest BCUT2D eigenvalue weighted by Gasteiger charge is -2.21. The fourth-order valence-electron chi connectivity index (χ4n) is 8.45. The van der Waals surface area contributed by atoms with E-state index in [9.17, 15) is 0 Å². The van der Waals surface area contributed by atoms with Gasteiger partial charge in [-0.05, 0) is 129 Å². The summed E-state index contributed by atoms with van der Waals surface area (Å²) in [6.07, 6.45) is 5.46. The van der Waals surface area contributed by atoms with Gasteiger partial charge in [-0.15, -0.1) is 10.2 Å². The Morgan fingerprint density at radius 3 is 2.06 bits per heavy atom. The van der Waals surface area contributed by atoms with Crippen LogP contribution in [0.25, 0.3) is 79.2 Å². The predicted octanol–water partition coefficient (Wildman–Crippen LogP) is 8.69. The molecule has 0 N–H and O–H groups in total. The number of rotatable bonds is 3. The minimum absolute atomic E-state index is 0.842. The first kappa shape index (κ1) is 28.1. The number of aryl methyl sites for hydroxylation is 2. The highest BCUT2D eigenvalue weighted by Crippen LogP contribution is 2.49. The molecule has 0 saturated carbocycles. The van der Waals surface area contributed by atoms with Crippen LogP contribution in [0, 0.1) is 27.7 Å². The van der Waals surface area contributed by atoms with Gasteiger partial charge in [0.2, 0.25) is 0 Å². The molecule has 4 heteroatoms. The Bertz CT molecular complexity index is 2720. The molecule has 7 aromatic rings. The molecule has 0 bridgehead atoms. The molecule has 0 radical (unpaired) electrons. The van der Waals surface area contributed by atoms with Crippen LogP contribution < -0.4 is 10.4 Å². The predicted molar refractivity (Wildman–Crippen MR) is 198 cm³/mol. The third kappa shape index (κ3) is 3.92. The number of benzene rings is 5. The zero-order chi connectivity index (χ0) is 33.0. The van der Waals surface area contributed by atoms with Crippen LogP contribution in [-0.2, 0) is 6.42 Å². The number of pyridine rings is 1. The highest BCUT2D eigenvalue weighted by molar-refractivity contribution is 6.02. The Balaban J connectivity index is 1.28. The zero-order valence-electron chi connectivity index (χ0n) is 27.9. The molecule has 0 saturated heterocycles. The van der Waals surface area contributed by atoms with E-state index < -0.39 is 0 Å². The van der Waals surface area contributed by atoms with Crippen LogP contribution in [0.5, 0.6) is 0 Å². The molecule has 0 aliphatic heterocycles. The summed E-state index contributed by atoms with van der Waals surface area (Å²) in [5.41, 5.74) is 23.0. The summed E-state index contributed by atoms with van der Waals surface area (Å²) >= 11 is 0. The van der Waals surface area contributed by atoms with Gasteiger partial charge >= 0.3 is 0 Å². The second-order valence-corrected chi connectivity index (χ2v) is 13.6. The van der Waals surface area contributed by atoms with E-state index in [1.165, 1.54) is 71.6 Å². The van der Waals surface area contributed by atoms with Gasteiger partial charge in [0, 0.05) is 27.9 Å². The molecular formula is C45H32N4. The fraction of sp³-hybridized carbons (Fsp3) is 0.111. The molecule has 0 spiro atoms. The third-order valence-electron chi connectivity index (χ3n) is 11.0. The molecule has 49 heavy (non-hydrogen) atoms. The van der Waals surface area contributed by atoms with Crippen LogP contribution in [0.3, 0.4) is 0 Å². The van der Waals surface area contributed by atoms with Crippen LogP contribution in [-0.4, -0.2) is 20.4 Å². The maximum absolute atomic E-state index is 5.17.